The third-order valence-corrected chi connectivity index (χ3v) is 9.75. The molecular formula is C43H25N3O2. The van der Waals surface area contributed by atoms with Gasteiger partial charge in [-0.2, -0.15) is 4.98 Å². The van der Waals surface area contributed by atoms with E-state index < -0.39 is 0 Å². The van der Waals surface area contributed by atoms with Gasteiger partial charge in [0.2, 0.25) is 0 Å². The average Bonchev–Trinajstić information content (AvgIpc) is 3.90. The molecule has 0 bridgehead atoms. The molecule has 0 fully saturated rings. The molecule has 0 amide bonds. The Morgan fingerprint density at radius 3 is 1.75 bits per heavy atom. The average molecular weight is 616 g/mol. The number of para-hydroxylation sites is 4. The van der Waals surface area contributed by atoms with Crippen molar-refractivity contribution in [1.82, 2.24) is 14.1 Å². The number of furan rings is 1. The molecule has 5 nitrogen and oxygen atoms in total. The first-order valence-electron chi connectivity index (χ1n) is 16.1. The summed E-state index contributed by atoms with van der Waals surface area (Å²) in [6, 6.07) is 53.5. The van der Waals surface area contributed by atoms with Gasteiger partial charge in [0, 0.05) is 38.2 Å². The van der Waals surface area contributed by atoms with E-state index in [0.29, 0.717) is 6.01 Å². The largest absolute Gasteiger partial charge is 0.456 e. The number of aromatic nitrogens is 3. The van der Waals surface area contributed by atoms with Crippen molar-refractivity contribution in [2.24, 2.45) is 0 Å². The molecule has 7 aromatic carbocycles. The van der Waals surface area contributed by atoms with Crippen LogP contribution >= 0.6 is 0 Å². The molecule has 0 N–H and O–H groups in total. The van der Waals surface area contributed by atoms with E-state index >= 15 is 0 Å². The Hall–Kier alpha value is -6.59. The Labute approximate surface area is 273 Å². The highest BCUT2D eigenvalue weighted by atomic mass is 16.4. The lowest BCUT2D eigenvalue weighted by molar-refractivity contribution is 0.577. The van der Waals surface area contributed by atoms with Crippen molar-refractivity contribution in [3.63, 3.8) is 0 Å². The zero-order valence-corrected chi connectivity index (χ0v) is 25.6. The predicted octanol–water partition coefficient (Wildman–Crippen LogP) is 11.6. The van der Waals surface area contributed by atoms with Gasteiger partial charge >= 0.3 is 6.01 Å². The first-order chi connectivity index (χ1) is 23.8. The fraction of sp³-hybridized carbons (Fsp3) is 0. The third kappa shape index (κ3) is 3.42. The molecule has 4 heterocycles. The Morgan fingerprint density at radius 2 is 1.02 bits per heavy atom. The molecule has 48 heavy (non-hydrogen) atoms. The number of fused-ring (bicyclic) bond motifs is 11. The van der Waals surface area contributed by atoms with Crippen LogP contribution in [0.15, 0.2) is 160 Å². The van der Waals surface area contributed by atoms with Crippen molar-refractivity contribution >= 4 is 76.6 Å². The molecule has 0 aliphatic heterocycles. The number of oxazole rings is 1. The normalized spacial score (nSPS) is 12.2. The molecule has 0 atom stereocenters. The second kappa shape index (κ2) is 9.47. The van der Waals surface area contributed by atoms with Gasteiger partial charge in [0.15, 0.2) is 5.58 Å². The van der Waals surface area contributed by atoms with E-state index in [1.165, 1.54) is 16.3 Å². The van der Waals surface area contributed by atoms with Crippen LogP contribution in [0.5, 0.6) is 0 Å². The predicted molar refractivity (Wildman–Crippen MR) is 195 cm³/mol. The molecule has 11 aromatic rings. The highest BCUT2D eigenvalue weighted by Gasteiger charge is 2.24. The Balaban J connectivity index is 1.28. The molecule has 0 spiro atoms. The number of nitrogens with zero attached hydrogens (tertiary/aromatic N) is 3. The van der Waals surface area contributed by atoms with Crippen LogP contribution in [0.2, 0.25) is 0 Å². The molecule has 0 radical (unpaired) electrons. The Kier molecular flexibility index (Phi) is 5.05. The standard InChI is InChI=1S/C43H25N3O2/c1-3-13-26(14-4-1)31-25-39-40(30-19-9-12-22-38(30)47-39)42-41(31)44-43(48-42)46-35-21-11-8-18-29(35)33-23-36-32(24-37(33)46)28-17-7-10-20-34(28)45(36)27-15-5-2-6-16-27/h1-25H. The fourth-order valence-corrected chi connectivity index (χ4v) is 7.69. The van der Waals surface area contributed by atoms with Crippen LogP contribution in [0.1, 0.15) is 0 Å². The van der Waals surface area contributed by atoms with Gasteiger partial charge in [-0.05, 0) is 54.1 Å². The van der Waals surface area contributed by atoms with Crippen LogP contribution in [-0.4, -0.2) is 14.1 Å². The van der Waals surface area contributed by atoms with E-state index in [1.807, 2.05) is 24.3 Å². The van der Waals surface area contributed by atoms with E-state index in [2.05, 4.69) is 137 Å². The van der Waals surface area contributed by atoms with Gasteiger partial charge in [-0.25, -0.2) is 0 Å². The summed E-state index contributed by atoms with van der Waals surface area (Å²) in [7, 11) is 0. The van der Waals surface area contributed by atoms with E-state index in [1.54, 1.807) is 0 Å². The monoisotopic (exact) mass is 615 g/mol. The summed E-state index contributed by atoms with van der Waals surface area (Å²) in [5.74, 6) is 0. The number of benzene rings is 7. The van der Waals surface area contributed by atoms with Gasteiger partial charge in [0.25, 0.3) is 0 Å². The summed E-state index contributed by atoms with van der Waals surface area (Å²) < 4.78 is 17.9. The summed E-state index contributed by atoms with van der Waals surface area (Å²) in [5.41, 5.74) is 10.7. The van der Waals surface area contributed by atoms with Crippen LogP contribution < -0.4 is 0 Å². The first kappa shape index (κ1) is 25.6. The summed E-state index contributed by atoms with van der Waals surface area (Å²) in [6.07, 6.45) is 0. The Morgan fingerprint density at radius 1 is 0.438 bits per heavy atom. The van der Waals surface area contributed by atoms with Crippen LogP contribution in [0, 0.1) is 0 Å². The summed E-state index contributed by atoms with van der Waals surface area (Å²) in [5, 5.41) is 6.61. The molecule has 11 rings (SSSR count). The van der Waals surface area contributed by atoms with Crippen LogP contribution in [-0.2, 0) is 0 Å². The lowest BCUT2D eigenvalue weighted by Crippen LogP contribution is -1.94. The number of rotatable bonds is 3. The Bertz CT molecular complexity index is 3050. The maximum Gasteiger partial charge on any atom is 0.307 e. The van der Waals surface area contributed by atoms with Crippen molar-refractivity contribution < 1.29 is 8.83 Å². The van der Waals surface area contributed by atoms with Crippen LogP contribution in [0.25, 0.3) is 99.5 Å². The molecular weight excluding hydrogens is 590 g/mol. The van der Waals surface area contributed by atoms with E-state index in [-0.39, 0.29) is 0 Å². The molecule has 0 aliphatic rings. The van der Waals surface area contributed by atoms with Crippen molar-refractivity contribution in [2.75, 3.05) is 0 Å². The van der Waals surface area contributed by atoms with Crippen molar-refractivity contribution in [3.05, 3.63) is 152 Å². The second-order valence-corrected chi connectivity index (χ2v) is 12.4. The highest BCUT2D eigenvalue weighted by molar-refractivity contribution is 6.21. The molecule has 0 saturated carbocycles. The van der Waals surface area contributed by atoms with Gasteiger partial charge in [-0.1, -0.05) is 103 Å². The molecule has 0 saturated heterocycles. The minimum Gasteiger partial charge on any atom is -0.456 e. The van der Waals surface area contributed by atoms with E-state index in [0.717, 1.165) is 77.2 Å². The maximum absolute atomic E-state index is 6.93. The van der Waals surface area contributed by atoms with Gasteiger partial charge in [-0.15, -0.1) is 0 Å². The van der Waals surface area contributed by atoms with Crippen molar-refractivity contribution in [1.29, 1.82) is 0 Å². The van der Waals surface area contributed by atoms with Gasteiger partial charge in [0.1, 0.15) is 16.7 Å². The summed E-state index contributed by atoms with van der Waals surface area (Å²) in [4.78, 5) is 5.31. The smallest absolute Gasteiger partial charge is 0.307 e. The van der Waals surface area contributed by atoms with Crippen LogP contribution in [0.3, 0.4) is 0 Å². The van der Waals surface area contributed by atoms with Crippen molar-refractivity contribution in [2.45, 2.75) is 0 Å². The summed E-state index contributed by atoms with van der Waals surface area (Å²) in [6.45, 7) is 0. The van der Waals surface area contributed by atoms with Crippen molar-refractivity contribution in [3.8, 4) is 22.8 Å². The maximum atomic E-state index is 6.93. The van der Waals surface area contributed by atoms with Gasteiger partial charge in [0.05, 0.1) is 27.5 Å². The van der Waals surface area contributed by atoms with Gasteiger partial charge in [-0.3, -0.25) is 4.57 Å². The minimum absolute atomic E-state index is 0.525. The molecule has 5 heteroatoms. The minimum atomic E-state index is 0.525. The first-order valence-corrected chi connectivity index (χ1v) is 16.1. The fourth-order valence-electron chi connectivity index (χ4n) is 7.69. The SMILES string of the molecule is c1ccc(-c2cc3oc4ccccc4c3c3oc(-n4c5ccccc5c5cc6c(cc54)c4ccccc4n6-c4ccccc4)nc23)cc1. The van der Waals surface area contributed by atoms with E-state index in [9.17, 15) is 0 Å². The topological polar surface area (TPSA) is 49.0 Å². The molecule has 0 unspecified atom stereocenters. The number of hydrogen-bond acceptors (Lipinski definition) is 3. The zero-order chi connectivity index (χ0) is 31.3. The summed E-state index contributed by atoms with van der Waals surface area (Å²) >= 11 is 0. The van der Waals surface area contributed by atoms with Crippen LogP contribution in [0.4, 0.5) is 0 Å². The molecule has 0 aliphatic carbocycles. The zero-order valence-electron chi connectivity index (χ0n) is 25.6. The lowest BCUT2D eigenvalue weighted by Gasteiger charge is -2.07. The van der Waals surface area contributed by atoms with Gasteiger partial charge < -0.3 is 13.4 Å². The lowest BCUT2D eigenvalue weighted by atomic mass is 10.0. The quantitative estimate of drug-likeness (QED) is 0.199. The molecule has 224 valence electrons. The van der Waals surface area contributed by atoms with E-state index in [4.69, 9.17) is 13.8 Å². The number of hydrogen-bond donors (Lipinski definition) is 0. The highest BCUT2D eigenvalue weighted by Crippen LogP contribution is 2.43. The molecule has 4 aromatic heterocycles. The third-order valence-electron chi connectivity index (χ3n) is 9.75. The second-order valence-electron chi connectivity index (χ2n) is 12.4.